The molecule has 5 heteroatoms. The number of para-hydroxylation sites is 2. The highest BCUT2D eigenvalue weighted by atomic mass is 32.1. The molecule has 0 bridgehead atoms. The Hall–Kier alpha value is -2.40. The summed E-state index contributed by atoms with van der Waals surface area (Å²) >= 11 is 1.73. The molecule has 0 fully saturated rings. The summed E-state index contributed by atoms with van der Waals surface area (Å²) in [6.07, 6.45) is 3.22. The van der Waals surface area contributed by atoms with Crippen LogP contribution in [0.3, 0.4) is 0 Å². The number of fused-ring (bicyclic) bond motifs is 1. The van der Waals surface area contributed by atoms with Gasteiger partial charge in [-0.2, -0.15) is 0 Å². The topological polar surface area (TPSA) is 45.2 Å². The van der Waals surface area contributed by atoms with Crippen molar-refractivity contribution < 1.29 is 4.79 Å². The van der Waals surface area contributed by atoms with Crippen LogP contribution in [0.2, 0.25) is 0 Å². The monoisotopic (exact) mass is 381 g/mol. The van der Waals surface area contributed by atoms with Gasteiger partial charge in [-0.1, -0.05) is 30.3 Å². The van der Waals surface area contributed by atoms with E-state index in [9.17, 15) is 4.79 Å². The highest BCUT2D eigenvalue weighted by Gasteiger charge is 2.07. The van der Waals surface area contributed by atoms with Crippen molar-refractivity contribution >= 4 is 33.1 Å². The fraction of sp³-hybridized carbons (Fsp3) is 0.364. The van der Waals surface area contributed by atoms with Crippen molar-refractivity contribution in [3.05, 3.63) is 59.6 Å². The molecular weight excluding hydrogens is 354 g/mol. The van der Waals surface area contributed by atoms with Gasteiger partial charge in [-0.15, -0.1) is 11.3 Å². The molecule has 0 spiro atoms. The molecule has 3 rings (SSSR count). The summed E-state index contributed by atoms with van der Waals surface area (Å²) in [5, 5.41) is 4.16. The molecule has 0 unspecified atom stereocenters. The number of aryl methyl sites for hydroxylation is 1. The summed E-state index contributed by atoms with van der Waals surface area (Å²) in [7, 11) is 0. The number of thiazole rings is 1. The molecule has 0 saturated carbocycles. The van der Waals surface area contributed by atoms with E-state index in [1.807, 2.05) is 24.3 Å². The van der Waals surface area contributed by atoms with E-state index in [1.165, 1.54) is 10.4 Å². The zero-order chi connectivity index (χ0) is 18.9. The molecule has 0 aliphatic rings. The molecule has 0 atom stereocenters. The zero-order valence-corrected chi connectivity index (χ0v) is 16.7. The van der Waals surface area contributed by atoms with Crippen LogP contribution in [-0.2, 0) is 11.2 Å². The first kappa shape index (κ1) is 19.4. The molecule has 1 N–H and O–H groups in total. The Kier molecular flexibility index (Phi) is 7.22. The Balaban J connectivity index is 1.32. The Morgan fingerprint density at radius 2 is 1.85 bits per heavy atom. The van der Waals surface area contributed by atoms with Gasteiger partial charge in [0.2, 0.25) is 5.91 Å². The highest BCUT2D eigenvalue weighted by Crippen LogP contribution is 2.22. The summed E-state index contributed by atoms with van der Waals surface area (Å²) in [5.74, 6) is 0.138. The van der Waals surface area contributed by atoms with Crippen LogP contribution in [0.25, 0.3) is 10.2 Å². The maximum atomic E-state index is 12.0. The van der Waals surface area contributed by atoms with Crippen LogP contribution in [0.4, 0.5) is 5.69 Å². The Morgan fingerprint density at radius 3 is 2.63 bits per heavy atom. The van der Waals surface area contributed by atoms with Crippen LogP contribution in [0.15, 0.2) is 54.6 Å². The number of aromatic nitrogens is 1. The van der Waals surface area contributed by atoms with Crippen molar-refractivity contribution in [1.82, 2.24) is 10.3 Å². The summed E-state index contributed by atoms with van der Waals surface area (Å²) in [4.78, 5) is 19.0. The highest BCUT2D eigenvalue weighted by molar-refractivity contribution is 7.18. The molecule has 0 saturated heterocycles. The number of carbonyl (C=O) groups excluding carboxylic acids is 1. The van der Waals surface area contributed by atoms with Crippen molar-refractivity contribution in [2.45, 2.75) is 32.6 Å². The van der Waals surface area contributed by atoms with Crippen LogP contribution >= 0.6 is 11.3 Å². The van der Waals surface area contributed by atoms with Gasteiger partial charge in [0.05, 0.1) is 15.2 Å². The summed E-state index contributed by atoms with van der Waals surface area (Å²) in [5.41, 5.74) is 2.29. The quantitative estimate of drug-likeness (QED) is 0.520. The van der Waals surface area contributed by atoms with Crippen molar-refractivity contribution in [3.8, 4) is 0 Å². The van der Waals surface area contributed by atoms with Crippen LogP contribution in [0, 0.1) is 0 Å². The largest absolute Gasteiger partial charge is 0.372 e. The number of nitrogens with zero attached hydrogens (tertiary/aromatic N) is 2. The first-order valence-electron chi connectivity index (χ1n) is 9.67. The lowest BCUT2D eigenvalue weighted by Gasteiger charge is -2.23. The maximum Gasteiger partial charge on any atom is 0.220 e. The molecule has 2 aromatic carbocycles. The standard InChI is InChI=1S/C22H27N3OS/c1-2-25(18-10-4-3-5-11-18)17-9-16-23-21(26)14-8-15-22-24-19-12-6-7-13-20(19)27-22/h3-7,10-13H,2,8-9,14-17H2,1H3,(H,23,26). The lowest BCUT2D eigenvalue weighted by Crippen LogP contribution is -2.29. The number of nitrogens with one attached hydrogen (secondary N) is 1. The fourth-order valence-electron chi connectivity index (χ4n) is 3.12. The molecule has 0 aliphatic heterocycles. The second-order valence-electron chi connectivity index (χ2n) is 6.55. The van der Waals surface area contributed by atoms with E-state index in [0.717, 1.165) is 49.4 Å². The predicted molar refractivity (Wildman–Crippen MR) is 115 cm³/mol. The molecule has 142 valence electrons. The van der Waals surface area contributed by atoms with Crippen LogP contribution in [0.1, 0.15) is 31.2 Å². The van der Waals surface area contributed by atoms with Crippen LogP contribution in [-0.4, -0.2) is 30.5 Å². The number of hydrogen-bond donors (Lipinski definition) is 1. The third kappa shape index (κ3) is 5.79. The van der Waals surface area contributed by atoms with Gasteiger partial charge in [0, 0.05) is 31.7 Å². The predicted octanol–water partition coefficient (Wildman–Crippen LogP) is 4.65. The number of benzene rings is 2. The number of hydrogen-bond acceptors (Lipinski definition) is 4. The SMILES string of the molecule is CCN(CCCNC(=O)CCCc1nc2ccccc2s1)c1ccccc1. The lowest BCUT2D eigenvalue weighted by molar-refractivity contribution is -0.121. The molecule has 4 nitrogen and oxygen atoms in total. The first-order valence-corrected chi connectivity index (χ1v) is 10.5. The minimum absolute atomic E-state index is 0.138. The Labute approximate surface area is 165 Å². The van der Waals surface area contributed by atoms with Gasteiger partial charge in [-0.25, -0.2) is 4.98 Å². The van der Waals surface area contributed by atoms with Gasteiger partial charge in [0.1, 0.15) is 0 Å². The normalized spacial score (nSPS) is 10.9. The van der Waals surface area contributed by atoms with Crippen molar-refractivity contribution in [2.24, 2.45) is 0 Å². The molecule has 27 heavy (non-hydrogen) atoms. The van der Waals surface area contributed by atoms with Crippen LogP contribution < -0.4 is 10.2 Å². The van der Waals surface area contributed by atoms with Gasteiger partial charge in [0.25, 0.3) is 0 Å². The molecule has 3 aromatic rings. The van der Waals surface area contributed by atoms with E-state index < -0.39 is 0 Å². The van der Waals surface area contributed by atoms with E-state index in [2.05, 4.69) is 52.5 Å². The van der Waals surface area contributed by atoms with Crippen LogP contribution in [0.5, 0.6) is 0 Å². The van der Waals surface area contributed by atoms with E-state index in [4.69, 9.17) is 0 Å². The molecular formula is C22H27N3OS. The maximum absolute atomic E-state index is 12.0. The van der Waals surface area contributed by atoms with Gasteiger partial charge >= 0.3 is 0 Å². The number of rotatable bonds is 10. The smallest absolute Gasteiger partial charge is 0.220 e. The number of anilines is 1. The van der Waals surface area contributed by atoms with Gasteiger partial charge in [0.15, 0.2) is 0 Å². The zero-order valence-electron chi connectivity index (χ0n) is 15.9. The first-order chi connectivity index (χ1) is 13.3. The third-order valence-corrected chi connectivity index (χ3v) is 5.66. The van der Waals surface area contributed by atoms with Crippen molar-refractivity contribution in [3.63, 3.8) is 0 Å². The minimum atomic E-state index is 0.138. The Bertz CT molecular complexity index is 814. The van der Waals surface area contributed by atoms with Crippen molar-refractivity contribution in [2.75, 3.05) is 24.5 Å². The third-order valence-electron chi connectivity index (χ3n) is 4.56. The van der Waals surface area contributed by atoms with Gasteiger partial charge in [-0.05, 0) is 50.5 Å². The minimum Gasteiger partial charge on any atom is -0.372 e. The Morgan fingerprint density at radius 1 is 1.07 bits per heavy atom. The summed E-state index contributed by atoms with van der Waals surface area (Å²) < 4.78 is 1.22. The summed E-state index contributed by atoms with van der Waals surface area (Å²) in [6, 6.07) is 18.6. The summed E-state index contributed by atoms with van der Waals surface area (Å²) in [6.45, 7) is 4.81. The number of amides is 1. The van der Waals surface area contributed by atoms with Gasteiger partial charge < -0.3 is 10.2 Å². The second-order valence-corrected chi connectivity index (χ2v) is 7.66. The molecule has 0 aliphatic carbocycles. The van der Waals surface area contributed by atoms with E-state index >= 15 is 0 Å². The van der Waals surface area contributed by atoms with E-state index in [0.29, 0.717) is 6.42 Å². The fourth-order valence-corrected chi connectivity index (χ4v) is 4.13. The molecule has 1 aromatic heterocycles. The van der Waals surface area contributed by atoms with Gasteiger partial charge in [-0.3, -0.25) is 4.79 Å². The van der Waals surface area contributed by atoms with E-state index in [1.54, 1.807) is 11.3 Å². The molecule has 0 radical (unpaired) electrons. The average Bonchev–Trinajstić information content (AvgIpc) is 3.11. The average molecular weight is 382 g/mol. The lowest BCUT2D eigenvalue weighted by atomic mass is 10.2. The van der Waals surface area contributed by atoms with E-state index in [-0.39, 0.29) is 5.91 Å². The van der Waals surface area contributed by atoms with Crippen molar-refractivity contribution in [1.29, 1.82) is 0 Å². The molecule has 1 amide bonds. The number of carbonyl (C=O) groups is 1. The second kappa shape index (κ2) is 10.1. The molecule has 1 heterocycles.